The molecule has 3 aromatic carbocycles. The zero-order valence-electron chi connectivity index (χ0n) is 19.8. The van der Waals surface area contributed by atoms with Crippen LogP contribution in [0.1, 0.15) is 22.3 Å². The average Bonchev–Trinajstić information content (AvgIpc) is 3.58. The number of nitrogens with zero attached hydrogens (tertiary/aromatic N) is 1. The summed E-state index contributed by atoms with van der Waals surface area (Å²) in [5, 5.41) is 9.65. The third kappa shape index (κ3) is 4.65. The van der Waals surface area contributed by atoms with Crippen LogP contribution in [-0.4, -0.2) is 47.7 Å². The molecule has 1 aromatic heterocycles. The van der Waals surface area contributed by atoms with E-state index in [1.165, 1.54) is 24.3 Å². The predicted molar refractivity (Wildman–Crippen MR) is 130 cm³/mol. The molecule has 1 saturated heterocycles. The number of aliphatic carboxylic acids is 1. The molecule has 37 heavy (non-hydrogen) atoms. The van der Waals surface area contributed by atoms with Crippen LogP contribution in [0.2, 0.25) is 0 Å². The summed E-state index contributed by atoms with van der Waals surface area (Å²) >= 11 is 0. The molecular weight excluding hydrogens is 484 g/mol. The van der Waals surface area contributed by atoms with Gasteiger partial charge in [0.1, 0.15) is 17.9 Å². The second kappa shape index (κ2) is 10.0. The number of halogens is 2. The highest BCUT2D eigenvalue weighted by Crippen LogP contribution is 2.33. The Bertz CT molecular complexity index is 1470. The van der Waals surface area contributed by atoms with E-state index >= 15 is 0 Å². The van der Waals surface area contributed by atoms with Gasteiger partial charge < -0.3 is 23.9 Å². The van der Waals surface area contributed by atoms with Crippen LogP contribution in [0.4, 0.5) is 8.78 Å². The van der Waals surface area contributed by atoms with Gasteiger partial charge in [0.15, 0.2) is 17.7 Å². The van der Waals surface area contributed by atoms with Crippen molar-refractivity contribution in [2.45, 2.75) is 25.2 Å². The standard InChI is InChI=1S/C28H23F2NO6/c1-35-23-9-11-31(25(23)28(33)34)27(32)18-4-2-3-16(13-18)15-37-19-7-5-17(6-8-19)21-14-22(29)24(30)20-10-12-36-26(20)21/h2-8,10,12-14,23,25H,9,11,15H2,1H3,(H,33,34)/t23?,25-/m0/s1. The predicted octanol–water partition coefficient (Wildman–Crippen LogP) is 5.27. The molecule has 1 amide bonds. The Morgan fingerprint density at radius 2 is 1.89 bits per heavy atom. The molecule has 0 aliphatic carbocycles. The van der Waals surface area contributed by atoms with Gasteiger partial charge in [-0.1, -0.05) is 24.3 Å². The second-order valence-electron chi connectivity index (χ2n) is 8.74. The number of likely N-dealkylation sites (tertiary alicyclic amines) is 1. The third-order valence-corrected chi connectivity index (χ3v) is 6.53. The van der Waals surface area contributed by atoms with Crippen LogP contribution in [0, 0.1) is 11.6 Å². The summed E-state index contributed by atoms with van der Waals surface area (Å²) in [7, 11) is 1.44. The van der Waals surface area contributed by atoms with Gasteiger partial charge in [0.25, 0.3) is 5.91 Å². The van der Waals surface area contributed by atoms with E-state index in [-0.39, 0.29) is 23.5 Å². The summed E-state index contributed by atoms with van der Waals surface area (Å²) in [5.74, 6) is -2.85. The van der Waals surface area contributed by atoms with E-state index in [2.05, 4.69) is 0 Å². The lowest BCUT2D eigenvalue weighted by Gasteiger charge is -2.24. The number of furan rings is 1. The number of carbonyl (C=O) groups is 2. The van der Waals surface area contributed by atoms with E-state index in [1.807, 2.05) is 0 Å². The number of methoxy groups -OCH3 is 1. The lowest BCUT2D eigenvalue weighted by atomic mass is 10.0. The highest BCUT2D eigenvalue weighted by Gasteiger charge is 2.42. The minimum Gasteiger partial charge on any atom is -0.489 e. The fraction of sp³-hybridized carbons (Fsp3) is 0.214. The van der Waals surface area contributed by atoms with Crippen molar-refractivity contribution in [3.05, 3.63) is 89.7 Å². The molecule has 0 spiro atoms. The third-order valence-electron chi connectivity index (χ3n) is 6.53. The molecule has 0 radical (unpaired) electrons. The normalized spacial score (nSPS) is 17.3. The van der Waals surface area contributed by atoms with Gasteiger partial charge in [-0.05, 0) is 53.9 Å². The van der Waals surface area contributed by atoms with Crippen molar-refractivity contribution in [1.82, 2.24) is 4.90 Å². The van der Waals surface area contributed by atoms with E-state index in [0.29, 0.717) is 35.4 Å². The number of rotatable bonds is 7. The number of hydrogen-bond acceptors (Lipinski definition) is 5. The fourth-order valence-corrected chi connectivity index (χ4v) is 4.68. The van der Waals surface area contributed by atoms with E-state index < -0.39 is 29.7 Å². The Kier molecular flexibility index (Phi) is 6.62. The molecule has 190 valence electrons. The zero-order valence-corrected chi connectivity index (χ0v) is 19.8. The van der Waals surface area contributed by atoms with Crippen molar-refractivity contribution in [3.8, 4) is 16.9 Å². The quantitative estimate of drug-likeness (QED) is 0.367. The van der Waals surface area contributed by atoms with Crippen molar-refractivity contribution in [2.24, 2.45) is 0 Å². The van der Waals surface area contributed by atoms with Crippen LogP contribution in [-0.2, 0) is 16.1 Å². The Labute approximate surface area is 210 Å². The maximum absolute atomic E-state index is 14.0. The van der Waals surface area contributed by atoms with Crippen molar-refractivity contribution in [1.29, 1.82) is 0 Å². The van der Waals surface area contributed by atoms with Crippen molar-refractivity contribution >= 4 is 22.8 Å². The fourth-order valence-electron chi connectivity index (χ4n) is 4.68. The van der Waals surface area contributed by atoms with Crippen LogP contribution in [0.25, 0.3) is 22.1 Å². The van der Waals surface area contributed by atoms with Crippen LogP contribution in [0.3, 0.4) is 0 Å². The number of carboxylic acid groups (broad SMARTS) is 1. The number of ether oxygens (including phenoxy) is 2. The molecule has 1 N–H and O–H groups in total. The zero-order chi connectivity index (χ0) is 26.1. The Morgan fingerprint density at radius 3 is 2.62 bits per heavy atom. The first-order chi connectivity index (χ1) is 17.9. The van der Waals surface area contributed by atoms with Crippen molar-refractivity contribution < 1.29 is 37.4 Å². The molecule has 5 rings (SSSR count). The van der Waals surface area contributed by atoms with E-state index in [0.717, 1.165) is 11.6 Å². The molecule has 0 saturated carbocycles. The maximum atomic E-state index is 14.0. The van der Waals surface area contributed by atoms with E-state index in [9.17, 15) is 23.5 Å². The van der Waals surface area contributed by atoms with Crippen LogP contribution >= 0.6 is 0 Å². The SMILES string of the molecule is COC1CCN(C(=O)c2cccc(COc3ccc(-c4cc(F)c(F)c5ccoc45)cc3)c2)[C@@H]1C(=O)O. The molecule has 1 unspecified atom stereocenters. The van der Waals surface area contributed by atoms with Gasteiger partial charge in [-0.15, -0.1) is 0 Å². The Morgan fingerprint density at radius 1 is 1.11 bits per heavy atom. The number of amides is 1. The highest BCUT2D eigenvalue weighted by atomic mass is 19.2. The number of carbonyl (C=O) groups excluding carboxylic acids is 1. The number of benzene rings is 3. The van der Waals surface area contributed by atoms with Gasteiger partial charge in [-0.25, -0.2) is 13.6 Å². The van der Waals surface area contributed by atoms with Gasteiger partial charge >= 0.3 is 5.97 Å². The van der Waals surface area contributed by atoms with Crippen LogP contribution in [0.15, 0.2) is 71.3 Å². The topological polar surface area (TPSA) is 89.2 Å². The summed E-state index contributed by atoms with van der Waals surface area (Å²) in [5.41, 5.74) is 2.40. The molecule has 9 heteroatoms. The summed E-state index contributed by atoms with van der Waals surface area (Å²) in [4.78, 5) is 26.1. The summed E-state index contributed by atoms with van der Waals surface area (Å²) in [6.07, 6.45) is 1.22. The van der Waals surface area contributed by atoms with Gasteiger partial charge in [0.05, 0.1) is 17.8 Å². The lowest BCUT2D eigenvalue weighted by Crippen LogP contribution is -2.45. The van der Waals surface area contributed by atoms with Gasteiger partial charge in [0.2, 0.25) is 0 Å². The van der Waals surface area contributed by atoms with Crippen LogP contribution < -0.4 is 4.74 Å². The average molecular weight is 507 g/mol. The van der Waals surface area contributed by atoms with Crippen LogP contribution in [0.5, 0.6) is 5.75 Å². The first-order valence-corrected chi connectivity index (χ1v) is 11.6. The molecule has 2 heterocycles. The highest BCUT2D eigenvalue weighted by molar-refractivity contribution is 5.97. The smallest absolute Gasteiger partial charge is 0.329 e. The summed E-state index contributed by atoms with van der Waals surface area (Å²) in [6.45, 7) is 0.459. The summed E-state index contributed by atoms with van der Waals surface area (Å²) in [6, 6.07) is 15.1. The lowest BCUT2D eigenvalue weighted by molar-refractivity contribution is -0.144. The van der Waals surface area contributed by atoms with E-state index in [1.54, 1.807) is 48.5 Å². The van der Waals surface area contributed by atoms with Crippen molar-refractivity contribution in [3.63, 3.8) is 0 Å². The molecule has 2 atom stereocenters. The minimum atomic E-state index is -1.10. The Hall–Kier alpha value is -4.24. The minimum absolute atomic E-state index is 0.0751. The molecule has 1 aliphatic heterocycles. The van der Waals surface area contributed by atoms with Gasteiger partial charge in [-0.3, -0.25) is 4.79 Å². The van der Waals surface area contributed by atoms with Gasteiger partial charge in [0, 0.05) is 24.8 Å². The van der Waals surface area contributed by atoms with Crippen molar-refractivity contribution in [2.75, 3.05) is 13.7 Å². The maximum Gasteiger partial charge on any atom is 0.329 e. The largest absolute Gasteiger partial charge is 0.489 e. The second-order valence-corrected chi connectivity index (χ2v) is 8.74. The number of carboxylic acids is 1. The molecule has 7 nitrogen and oxygen atoms in total. The molecule has 1 aliphatic rings. The first-order valence-electron chi connectivity index (χ1n) is 11.6. The molecular formula is C28H23F2NO6. The molecule has 1 fully saturated rings. The van der Waals surface area contributed by atoms with E-state index in [4.69, 9.17) is 13.9 Å². The monoisotopic (exact) mass is 507 g/mol. The first kappa shape index (κ1) is 24.5. The molecule has 0 bridgehead atoms. The molecule has 4 aromatic rings. The van der Waals surface area contributed by atoms with Gasteiger partial charge in [-0.2, -0.15) is 0 Å². The Balaban J connectivity index is 1.29. The number of hydrogen-bond donors (Lipinski definition) is 1. The number of fused-ring (bicyclic) bond motifs is 1. The summed E-state index contributed by atoms with van der Waals surface area (Å²) < 4.78 is 44.5.